The number of nitrogens with one attached hydrogen (secondary N) is 1. The third kappa shape index (κ3) is 2.89. The molecule has 0 amide bonds. The van der Waals surface area contributed by atoms with Crippen molar-refractivity contribution in [3.63, 3.8) is 0 Å². The maximum atomic E-state index is 6.26. The molecule has 108 valence electrons. The van der Waals surface area contributed by atoms with Crippen molar-refractivity contribution in [1.29, 1.82) is 0 Å². The van der Waals surface area contributed by atoms with Crippen molar-refractivity contribution in [2.75, 3.05) is 0 Å². The molecular weight excluding hydrogens is 262 g/mol. The van der Waals surface area contributed by atoms with Crippen LogP contribution in [0.2, 0.25) is 18.1 Å². The topological polar surface area (TPSA) is 25.0 Å². The lowest BCUT2D eigenvalue weighted by Gasteiger charge is -2.36. The highest BCUT2D eigenvalue weighted by atomic mass is 28.4. The summed E-state index contributed by atoms with van der Waals surface area (Å²) in [5, 5.41) is 1.46. The highest BCUT2D eigenvalue weighted by Gasteiger charge is 2.37. The van der Waals surface area contributed by atoms with Gasteiger partial charge in [-0.3, -0.25) is 0 Å². The van der Waals surface area contributed by atoms with Crippen molar-refractivity contribution in [2.45, 2.75) is 45.5 Å². The number of rotatable bonds is 4. The Morgan fingerprint density at radius 3 is 2.60 bits per heavy atom. The van der Waals surface area contributed by atoms with Gasteiger partial charge >= 0.3 is 0 Å². The van der Waals surface area contributed by atoms with Crippen LogP contribution in [0.5, 0.6) is 0 Å². The van der Waals surface area contributed by atoms with Crippen molar-refractivity contribution in [2.24, 2.45) is 0 Å². The van der Waals surface area contributed by atoms with Gasteiger partial charge in [-0.1, -0.05) is 45.6 Å². The van der Waals surface area contributed by atoms with Crippen LogP contribution in [0, 0.1) is 0 Å². The molecule has 0 atom stereocenters. The number of aromatic amines is 1. The van der Waals surface area contributed by atoms with Gasteiger partial charge in [0.15, 0.2) is 8.32 Å². The number of aromatic nitrogens is 1. The maximum Gasteiger partial charge on any atom is 0.192 e. The van der Waals surface area contributed by atoms with Crippen LogP contribution < -0.4 is 0 Å². The third-order valence-corrected chi connectivity index (χ3v) is 8.85. The van der Waals surface area contributed by atoms with Gasteiger partial charge in [-0.05, 0) is 35.8 Å². The van der Waals surface area contributed by atoms with Gasteiger partial charge in [0.05, 0.1) is 6.61 Å². The molecule has 0 aliphatic carbocycles. The molecule has 3 heteroatoms. The van der Waals surface area contributed by atoms with E-state index in [1.807, 2.05) is 12.1 Å². The van der Waals surface area contributed by atoms with Crippen LogP contribution in [0.15, 0.2) is 30.8 Å². The van der Waals surface area contributed by atoms with E-state index >= 15 is 0 Å². The van der Waals surface area contributed by atoms with Crippen molar-refractivity contribution in [3.05, 3.63) is 42.1 Å². The molecule has 0 saturated heterocycles. The van der Waals surface area contributed by atoms with Crippen molar-refractivity contribution < 1.29 is 4.43 Å². The molecule has 2 aromatic rings. The van der Waals surface area contributed by atoms with Crippen LogP contribution in [-0.4, -0.2) is 13.3 Å². The van der Waals surface area contributed by atoms with Gasteiger partial charge < -0.3 is 9.41 Å². The van der Waals surface area contributed by atoms with Gasteiger partial charge in [-0.2, -0.15) is 0 Å². The lowest BCUT2D eigenvalue weighted by molar-refractivity contribution is 0.273. The lowest BCUT2D eigenvalue weighted by atomic mass is 10.1. The second kappa shape index (κ2) is 5.22. The Morgan fingerprint density at radius 1 is 1.30 bits per heavy atom. The zero-order chi connectivity index (χ0) is 15.0. The van der Waals surface area contributed by atoms with Crippen LogP contribution in [0.25, 0.3) is 17.0 Å². The maximum absolute atomic E-state index is 6.26. The Hall–Kier alpha value is -1.32. The fourth-order valence-corrected chi connectivity index (χ4v) is 2.92. The first kappa shape index (κ1) is 15.1. The molecule has 0 spiro atoms. The zero-order valence-electron chi connectivity index (χ0n) is 13.2. The highest BCUT2D eigenvalue weighted by molar-refractivity contribution is 6.74. The summed E-state index contributed by atoms with van der Waals surface area (Å²) < 4.78 is 6.26. The third-order valence-electron chi connectivity index (χ3n) is 4.37. The summed E-state index contributed by atoms with van der Waals surface area (Å²) in [7, 11) is -1.70. The Labute approximate surface area is 123 Å². The molecule has 0 aliphatic heterocycles. The first-order valence-corrected chi connectivity index (χ1v) is 10.0. The van der Waals surface area contributed by atoms with Crippen molar-refractivity contribution in [1.82, 2.24) is 4.98 Å². The fraction of sp³-hybridized carbons (Fsp3) is 0.412. The van der Waals surface area contributed by atoms with Crippen LogP contribution in [-0.2, 0) is 11.0 Å². The minimum atomic E-state index is -1.70. The molecule has 2 rings (SSSR count). The summed E-state index contributed by atoms with van der Waals surface area (Å²) in [6.07, 6.45) is 1.90. The summed E-state index contributed by atoms with van der Waals surface area (Å²) >= 11 is 0. The Bertz CT molecular complexity index is 619. The first-order chi connectivity index (χ1) is 9.24. The normalized spacial score (nSPS) is 12.8. The van der Waals surface area contributed by atoms with E-state index in [2.05, 4.69) is 63.6 Å². The predicted molar refractivity (Wildman–Crippen MR) is 90.4 cm³/mol. The molecule has 20 heavy (non-hydrogen) atoms. The predicted octanol–water partition coefficient (Wildman–Crippen LogP) is 5.33. The van der Waals surface area contributed by atoms with Crippen molar-refractivity contribution in [3.8, 4) is 0 Å². The van der Waals surface area contributed by atoms with E-state index in [0.29, 0.717) is 6.61 Å². The Morgan fingerprint density at radius 2 is 2.00 bits per heavy atom. The SMILES string of the molecule is C=Cc1cccc2[nH]c(CO[Si](C)(C)C(C)(C)C)cc12. The van der Waals surface area contributed by atoms with Gasteiger partial charge in [0.1, 0.15) is 0 Å². The van der Waals surface area contributed by atoms with E-state index in [4.69, 9.17) is 4.43 Å². The van der Waals surface area contributed by atoms with E-state index in [1.165, 1.54) is 5.39 Å². The van der Waals surface area contributed by atoms with Crippen LogP contribution >= 0.6 is 0 Å². The van der Waals surface area contributed by atoms with Crippen LogP contribution in [0.1, 0.15) is 32.0 Å². The van der Waals surface area contributed by atoms with E-state index in [0.717, 1.165) is 16.8 Å². The monoisotopic (exact) mass is 287 g/mol. The quantitative estimate of drug-likeness (QED) is 0.755. The zero-order valence-corrected chi connectivity index (χ0v) is 14.2. The van der Waals surface area contributed by atoms with Gasteiger partial charge in [0.2, 0.25) is 0 Å². The van der Waals surface area contributed by atoms with Crippen molar-refractivity contribution >= 4 is 25.3 Å². The number of fused-ring (bicyclic) bond motifs is 1. The fourth-order valence-electron chi connectivity index (χ4n) is 1.97. The lowest BCUT2D eigenvalue weighted by Crippen LogP contribution is -2.40. The molecule has 0 radical (unpaired) electrons. The summed E-state index contributed by atoms with van der Waals surface area (Å²) in [5.74, 6) is 0. The Kier molecular flexibility index (Phi) is 3.94. The number of H-pyrrole nitrogens is 1. The standard InChI is InChI=1S/C17H25NOSi/c1-7-13-9-8-10-16-15(13)11-14(18-16)12-19-20(5,6)17(2,3)4/h7-11,18H,1,12H2,2-6H3. The smallest absolute Gasteiger partial charge is 0.192 e. The van der Waals surface area contributed by atoms with E-state index in [9.17, 15) is 0 Å². The van der Waals surface area contributed by atoms with Gasteiger partial charge in [-0.15, -0.1) is 0 Å². The molecule has 0 aliphatic rings. The van der Waals surface area contributed by atoms with E-state index < -0.39 is 8.32 Å². The van der Waals surface area contributed by atoms with Gasteiger partial charge in [-0.25, -0.2) is 0 Å². The minimum absolute atomic E-state index is 0.241. The summed E-state index contributed by atoms with van der Waals surface area (Å²) in [5.41, 5.74) is 3.45. The number of hydrogen-bond donors (Lipinski definition) is 1. The molecule has 1 heterocycles. The summed E-state index contributed by atoms with van der Waals surface area (Å²) in [4.78, 5) is 3.44. The van der Waals surface area contributed by atoms with Crippen LogP contribution in [0.3, 0.4) is 0 Å². The molecule has 1 aromatic carbocycles. The minimum Gasteiger partial charge on any atom is -0.411 e. The van der Waals surface area contributed by atoms with Crippen LogP contribution in [0.4, 0.5) is 0 Å². The molecule has 0 bridgehead atoms. The molecule has 1 aromatic heterocycles. The average molecular weight is 287 g/mol. The molecule has 2 nitrogen and oxygen atoms in total. The molecule has 0 saturated carbocycles. The van der Waals surface area contributed by atoms with E-state index in [1.54, 1.807) is 0 Å². The summed E-state index contributed by atoms with van der Waals surface area (Å²) in [6, 6.07) is 8.41. The Balaban J connectivity index is 2.21. The largest absolute Gasteiger partial charge is 0.411 e. The average Bonchev–Trinajstić information content (AvgIpc) is 2.77. The molecule has 0 unspecified atom stereocenters. The number of hydrogen-bond acceptors (Lipinski definition) is 1. The highest BCUT2D eigenvalue weighted by Crippen LogP contribution is 2.37. The second-order valence-electron chi connectivity index (χ2n) is 6.86. The van der Waals surface area contributed by atoms with Gasteiger partial charge in [0.25, 0.3) is 0 Å². The van der Waals surface area contributed by atoms with Gasteiger partial charge in [0, 0.05) is 16.6 Å². The first-order valence-electron chi connectivity index (χ1n) is 7.11. The molecular formula is C17H25NOSi. The second-order valence-corrected chi connectivity index (χ2v) is 11.7. The summed E-state index contributed by atoms with van der Waals surface area (Å²) in [6.45, 7) is 15.9. The molecule has 0 fully saturated rings. The van der Waals surface area contributed by atoms with E-state index in [-0.39, 0.29) is 5.04 Å². The number of benzene rings is 1. The molecule has 1 N–H and O–H groups in total.